The summed E-state index contributed by atoms with van der Waals surface area (Å²) >= 11 is 0. The lowest BCUT2D eigenvalue weighted by Gasteiger charge is -1.82. The molecule has 15 heavy (non-hydrogen) atoms. The van der Waals surface area contributed by atoms with Gasteiger partial charge in [-0.05, 0) is 0 Å². The second-order valence-corrected chi connectivity index (χ2v) is 3.18. The molecule has 8 nitrogen and oxygen atoms in total. The molecule has 0 radical (unpaired) electrons. The van der Waals surface area contributed by atoms with E-state index in [0.717, 1.165) is 0 Å². The van der Waals surface area contributed by atoms with Crippen LogP contribution in [0, 0.1) is 0 Å². The van der Waals surface area contributed by atoms with Crippen LogP contribution in [0.5, 0.6) is 0 Å². The minimum atomic E-state index is -4.64. The van der Waals surface area contributed by atoms with Gasteiger partial charge in [0.15, 0.2) is 0 Å². The van der Waals surface area contributed by atoms with Crippen LogP contribution in [0.3, 0.4) is 0 Å². The fraction of sp³-hybridized carbons (Fsp3) is 0.667. The summed E-state index contributed by atoms with van der Waals surface area (Å²) < 4.78 is 8.88. The molecule has 9 heteroatoms. The topological polar surface area (TPSA) is 164 Å². The van der Waals surface area contributed by atoms with Crippen LogP contribution in [0.1, 0.15) is 26.7 Å². The van der Waals surface area contributed by atoms with E-state index < -0.39 is 7.82 Å². The first-order valence-corrected chi connectivity index (χ1v) is 5.45. The van der Waals surface area contributed by atoms with Gasteiger partial charge in [0, 0.05) is 12.8 Å². The van der Waals surface area contributed by atoms with E-state index in [0.29, 0.717) is 12.8 Å². The average molecular weight is 244 g/mol. The van der Waals surface area contributed by atoms with E-state index >= 15 is 0 Å². The van der Waals surface area contributed by atoms with Crippen molar-refractivity contribution >= 4 is 19.6 Å². The first-order chi connectivity index (χ1) is 6.54. The van der Waals surface area contributed by atoms with Crippen molar-refractivity contribution in [3.05, 3.63) is 0 Å². The van der Waals surface area contributed by atoms with E-state index in [1.807, 2.05) is 0 Å². The summed E-state index contributed by atoms with van der Waals surface area (Å²) in [6, 6.07) is 0. The Hall–Kier alpha value is -0.950. The second-order valence-electron chi connectivity index (χ2n) is 2.15. The van der Waals surface area contributed by atoms with Gasteiger partial charge in [-0.25, -0.2) is 4.57 Å². The SMILES string of the molecule is CCC(N)=O.CCC(N)=O.O=P(O)(O)O. The molecule has 2 amide bonds. The van der Waals surface area contributed by atoms with Crippen LogP contribution < -0.4 is 11.5 Å². The largest absolute Gasteiger partial charge is 0.466 e. The van der Waals surface area contributed by atoms with E-state index in [9.17, 15) is 9.59 Å². The zero-order chi connectivity index (χ0) is 13.1. The summed E-state index contributed by atoms with van der Waals surface area (Å²) in [7, 11) is -4.64. The quantitative estimate of drug-likeness (QED) is 0.384. The zero-order valence-corrected chi connectivity index (χ0v) is 9.48. The van der Waals surface area contributed by atoms with Gasteiger partial charge in [-0.3, -0.25) is 9.59 Å². The molecule has 0 saturated carbocycles. The second kappa shape index (κ2) is 11.1. The lowest BCUT2D eigenvalue weighted by atomic mass is 10.5. The lowest BCUT2D eigenvalue weighted by Crippen LogP contribution is -2.06. The molecular formula is C6H17N2O6P. The Balaban J connectivity index is -0.000000144. The maximum absolute atomic E-state index is 9.59. The maximum atomic E-state index is 9.59. The van der Waals surface area contributed by atoms with Crippen molar-refractivity contribution in [2.45, 2.75) is 26.7 Å². The van der Waals surface area contributed by atoms with Crippen LogP contribution in [0.15, 0.2) is 0 Å². The Morgan fingerprint density at radius 3 is 1.07 bits per heavy atom. The number of nitrogens with two attached hydrogens (primary N) is 2. The first-order valence-electron chi connectivity index (χ1n) is 3.89. The van der Waals surface area contributed by atoms with Crippen LogP contribution in [0.4, 0.5) is 0 Å². The van der Waals surface area contributed by atoms with Crippen LogP contribution >= 0.6 is 7.82 Å². The van der Waals surface area contributed by atoms with Crippen molar-refractivity contribution in [1.29, 1.82) is 0 Å². The molecule has 0 unspecified atom stereocenters. The van der Waals surface area contributed by atoms with Crippen molar-refractivity contribution in [1.82, 2.24) is 0 Å². The predicted molar refractivity (Wildman–Crippen MR) is 53.2 cm³/mol. The third-order valence-electron chi connectivity index (χ3n) is 0.697. The summed E-state index contributed by atoms with van der Waals surface area (Å²) in [5.41, 5.74) is 9.31. The van der Waals surface area contributed by atoms with Gasteiger partial charge in [-0.1, -0.05) is 13.8 Å². The summed E-state index contributed by atoms with van der Waals surface area (Å²) in [5.74, 6) is -0.491. The van der Waals surface area contributed by atoms with E-state index in [2.05, 4.69) is 11.5 Å². The van der Waals surface area contributed by atoms with Gasteiger partial charge in [0.2, 0.25) is 11.8 Å². The smallest absolute Gasteiger partial charge is 0.370 e. The molecule has 0 aromatic carbocycles. The van der Waals surface area contributed by atoms with Gasteiger partial charge in [0.05, 0.1) is 0 Å². The van der Waals surface area contributed by atoms with E-state index in [1.165, 1.54) is 0 Å². The number of amides is 2. The normalized spacial score (nSPS) is 8.87. The average Bonchev–Trinajstić information content (AvgIpc) is 2.02. The number of primary amides is 2. The Morgan fingerprint density at radius 2 is 1.07 bits per heavy atom. The maximum Gasteiger partial charge on any atom is 0.466 e. The van der Waals surface area contributed by atoms with Crippen LogP contribution in [0.2, 0.25) is 0 Å². The minimum absolute atomic E-state index is 0.245. The number of hydrogen-bond acceptors (Lipinski definition) is 3. The molecular weight excluding hydrogens is 227 g/mol. The van der Waals surface area contributed by atoms with Gasteiger partial charge in [-0.15, -0.1) is 0 Å². The predicted octanol–water partition coefficient (Wildman–Crippen LogP) is -1.17. The molecule has 0 heterocycles. The Labute approximate surface area is 87.5 Å². The summed E-state index contributed by atoms with van der Waals surface area (Å²) in [4.78, 5) is 40.7. The van der Waals surface area contributed by atoms with Gasteiger partial charge in [-0.2, -0.15) is 0 Å². The molecule has 0 bridgehead atoms. The van der Waals surface area contributed by atoms with Crippen molar-refractivity contribution in [3.63, 3.8) is 0 Å². The van der Waals surface area contributed by atoms with E-state index in [4.69, 9.17) is 19.2 Å². The number of phosphoric acid groups is 1. The monoisotopic (exact) mass is 244 g/mol. The van der Waals surface area contributed by atoms with E-state index in [1.54, 1.807) is 13.8 Å². The van der Waals surface area contributed by atoms with Gasteiger partial charge < -0.3 is 26.1 Å². The molecule has 0 rings (SSSR count). The highest BCUT2D eigenvalue weighted by Crippen LogP contribution is 2.25. The molecule has 0 aliphatic rings. The van der Waals surface area contributed by atoms with Gasteiger partial charge >= 0.3 is 7.82 Å². The fourth-order valence-electron chi connectivity index (χ4n) is 0. The first kappa shape index (κ1) is 19.6. The highest BCUT2D eigenvalue weighted by atomic mass is 31.2. The highest BCUT2D eigenvalue weighted by molar-refractivity contribution is 7.45. The third-order valence-corrected chi connectivity index (χ3v) is 0.697. The molecule has 7 N–H and O–H groups in total. The van der Waals surface area contributed by atoms with Crippen LogP contribution in [-0.4, -0.2) is 26.5 Å². The van der Waals surface area contributed by atoms with Crippen molar-refractivity contribution in [2.75, 3.05) is 0 Å². The van der Waals surface area contributed by atoms with E-state index in [-0.39, 0.29) is 11.8 Å². The number of carbonyl (C=O) groups is 2. The molecule has 0 aromatic rings. The van der Waals surface area contributed by atoms with Crippen LogP contribution in [-0.2, 0) is 14.2 Å². The summed E-state index contributed by atoms with van der Waals surface area (Å²) in [6.07, 6.45) is 0.889. The van der Waals surface area contributed by atoms with Gasteiger partial charge in [0.1, 0.15) is 0 Å². The molecule has 92 valence electrons. The molecule has 0 saturated heterocycles. The standard InChI is InChI=1S/2C3H7NO.H3O4P/c2*1-2-3(4)5;1-5(2,3)4/h2*2H2,1H3,(H2,4,5);(H3,1,2,3,4). The van der Waals surface area contributed by atoms with Crippen molar-refractivity contribution in [2.24, 2.45) is 11.5 Å². The summed E-state index contributed by atoms with van der Waals surface area (Å²) in [6.45, 7) is 3.45. The summed E-state index contributed by atoms with van der Waals surface area (Å²) in [5, 5.41) is 0. The minimum Gasteiger partial charge on any atom is -0.370 e. The Bertz CT molecular complexity index is 203. The Morgan fingerprint density at radius 1 is 1.00 bits per heavy atom. The lowest BCUT2D eigenvalue weighted by molar-refractivity contribution is -0.118. The Kier molecular flexibility index (Phi) is 14.5. The van der Waals surface area contributed by atoms with Gasteiger partial charge in [0.25, 0.3) is 0 Å². The fourth-order valence-corrected chi connectivity index (χ4v) is 0. The number of carbonyl (C=O) groups excluding carboxylic acids is 2. The number of rotatable bonds is 2. The molecule has 0 spiro atoms. The molecule has 0 atom stereocenters. The van der Waals surface area contributed by atoms with Crippen LogP contribution in [0.25, 0.3) is 0 Å². The number of hydrogen-bond donors (Lipinski definition) is 5. The zero-order valence-electron chi connectivity index (χ0n) is 8.58. The highest BCUT2D eigenvalue weighted by Gasteiger charge is 2.00. The van der Waals surface area contributed by atoms with Crippen molar-refractivity contribution < 1.29 is 28.8 Å². The molecule has 0 aromatic heterocycles. The third kappa shape index (κ3) is 171. The molecule has 0 aliphatic heterocycles. The van der Waals surface area contributed by atoms with Crippen molar-refractivity contribution in [3.8, 4) is 0 Å². The molecule has 0 aliphatic carbocycles. The molecule has 0 fully saturated rings.